The van der Waals surface area contributed by atoms with E-state index in [0.29, 0.717) is 45.4 Å². The van der Waals surface area contributed by atoms with Crippen LogP contribution >= 0.6 is 0 Å². The number of amides is 1. The summed E-state index contributed by atoms with van der Waals surface area (Å²) in [6.07, 6.45) is 0.354. The van der Waals surface area contributed by atoms with Crippen LogP contribution in [0.15, 0.2) is 72.8 Å². The number of halogens is 3. The van der Waals surface area contributed by atoms with Gasteiger partial charge in [-0.25, -0.2) is 18.0 Å². The molecule has 194 valence electrons. The van der Waals surface area contributed by atoms with Gasteiger partial charge in [0.05, 0.1) is 6.04 Å². The maximum absolute atomic E-state index is 13.7. The van der Waals surface area contributed by atoms with Crippen LogP contribution in [-0.4, -0.2) is 48.2 Å². The Morgan fingerprint density at radius 2 is 1.51 bits per heavy atom. The second kappa shape index (κ2) is 10.6. The van der Waals surface area contributed by atoms with Crippen LogP contribution in [0, 0.1) is 11.6 Å². The Hall–Kier alpha value is -3.32. The zero-order valence-electron chi connectivity index (χ0n) is 20.9. The van der Waals surface area contributed by atoms with E-state index in [0.717, 1.165) is 22.3 Å². The predicted molar refractivity (Wildman–Crippen MR) is 137 cm³/mol. The largest absolute Gasteiger partial charge is 0.438 e. The van der Waals surface area contributed by atoms with Crippen LogP contribution in [-0.2, 0) is 10.3 Å². The van der Waals surface area contributed by atoms with E-state index in [2.05, 4.69) is 4.90 Å². The molecule has 37 heavy (non-hydrogen) atoms. The smallest absolute Gasteiger partial charge is 0.411 e. The van der Waals surface area contributed by atoms with Gasteiger partial charge in [-0.3, -0.25) is 0 Å². The molecule has 3 aromatic rings. The third-order valence-corrected chi connectivity index (χ3v) is 7.73. The number of carbonyl (C=O) groups is 1. The maximum Gasteiger partial charge on any atom is 0.411 e. The molecule has 2 saturated heterocycles. The van der Waals surface area contributed by atoms with Gasteiger partial charge in [0.1, 0.15) is 23.4 Å². The summed E-state index contributed by atoms with van der Waals surface area (Å²) >= 11 is 0. The molecule has 0 radical (unpaired) electrons. The normalized spacial score (nSPS) is 23.2. The van der Waals surface area contributed by atoms with Gasteiger partial charge in [0.15, 0.2) is 0 Å². The lowest BCUT2D eigenvalue weighted by atomic mass is 9.85. The average molecular weight is 509 g/mol. The average Bonchev–Trinajstić information content (AvgIpc) is 3.33. The van der Waals surface area contributed by atoms with Crippen molar-refractivity contribution in [3.05, 3.63) is 95.6 Å². The molecule has 0 spiro atoms. The first kappa shape index (κ1) is 25.3. The Morgan fingerprint density at radius 1 is 0.919 bits per heavy atom. The minimum atomic E-state index is -0.887. The number of hydrogen-bond donors (Lipinski definition) is 0. The lowest BCUT2D eigenvalue weighted by molar-refractivity contribution is -0.0687. The lowest BCUT2D eigenvalue weighted by Crippen LogP contribution is -2.49. The zero-order chi connectivity index (χ0) is 26.0. The Kier molecular flexibility index (Phi) is 7.24. The fraction of sp³-hybridized carbons (Fsp3) is 0.367. The van der Waals surface area contributed by atoms with Crippen molar-refractivity contribution in [3.63, 3.8) is 0 Å². The van der Waals surface area contributed by atoms with Gasteiger partial charge < -0.3 is 14.5 Å². The fourth-order valence-corrected chi connectivity index (χ4v) is 5.40. The Labute approximate surface area is 215 Å². The fourth-order valence-electron chi connectivity index (χ4n) is 5.40. The second-order valence-electron chi connectivity index (χ2n) is 10.1. The molecule has 5 rings (SSSR count). The van der Waals surface area contributed by atoms with E-state index >= 15 is 0 Å². The highest BCUT2D eigenvalue weighted by molar-refractivity contribution is 5.70. The molecule has 3 atom stereocenters. The van der Waals surface area contributed by atoms with Gasteiger partial charge in [0.25, 0.3) is 0 Å². The Bertz CT molecular complexity index is 1220. The molecule has 0 saturated carbocycles. The van der Waals surface area contributed by atoms with E-state index in [4.69, 9.17) is 4.74 Å². The number of ether oxygens (including phenoxy) is 1. The van der Waals surface area contributed by atoms with E-state index < -0.39 is 17.9 Å². The summed E-state index contributed by atoms with van der Waals surface area (Å²) in [6.45, 7) is 4.12. The van der Waals surface area contributed by atoms with E-state index in [1.54, 1.807) is 29.2 Å². The minimum Gasteiger partial charge on any atom is -0.438 e. The molecule has 2 aliphatic heterocycles. The van der Waals surface area contributed by atoms with Gasteiger partial charge in [0.2, 0.25) is 0 Å². The monoisotopic (exact) mass is 508 g/mol. The van der Waals surface area contributed by atoms with Crippen molar-refractivity contribution in [3.8, 4) is 11.1 Å². The Morgan fingerprint density at radius 3 is 2.08 bits per heavy atom. The molecule has 0 aliphatic carbocycles. The van der Waals surface area contributed by atoms with Gasteiger partial charge in [-0.1, -0.05) is 48.5 Å². The molecule has 2 fully saturated rings. The number of benzene rings is 3. The molecule has 4 nitrogen and oxygen atoms in total. The molecule has 7 heteroatoms. The molecule has 0 bridgehead atoms. The lowest BCUT2D eigenvalue weighted by Gasteiger charge is -2.44. The third-order valence-electron chi connectivity index (χ3n) is 7.73. The number of alkyl halides is 1. The standard InChI is InChI=1S/C30H31F3N2O2/c1-21(22-2-4-23(5-3-22)24-6-10-26(31)11-7-24)35-19-16-30(37-29(35)36,25-8-12-27(32)13-9-25)15-18-34-17-14-28(33)20-34/h2-13,21,28H,14-20H2,1H3/t21-,28+,30+/m0/s1. The van der Waals surface area contributed by atoms with Crippen LogP contribution in [0.5, 0.6) is 0 Å². The maximum atomic E-state index is 13.7. The van der Waals surface area contributed by atoms with Crippen molar-refractivity contribution in [2.45, 2.75) is 44.0 Å². The van der Waals surface area contributed by atoms with Crippen LogP contribution in [0.3, 0.4) is 0 Å². The minimum absolute atomic E-state index is 0.216. The summed E-state index contributed by atoms with van der Waals surface area (Å²) < 4.78 is 46.8. The van der Waals surface area contributed by atoms with Gasteiger partial charge in [-0.2, -0.15) is 0 Å². The summed E-state index contributed by atoms with van der Waals surface area (Å²) in [7, 11) is 0. The van der Waals surface area contributed by atoms with Crippen molar-refractivity contribution in [2.75, 3.05) is 26.2 Å². The van der Waals surface area contributed by atoms with E-state index in [1.165, 1.54) is 24.3 Å². The van der Waals surface area contributed by atoms with Gasteiger partial charge in [0, 0.05) is 39.0 Å². The molecule has 0 aromatic heterocycles. The molecule has 0 unspecified atom stereocenters. The highest BCUT2D eigenvalue weighted by Crippen LogP contribution is 2.40. The molecular formula is C30H31F3N2O2. The van der Waals surface area contributed by atoms with Crippen molar-refractivity contribution in [2.24, 2.45) is 0 Å². The van der Waals surface area contributed by atoms with Gasteiger partial charge >= 0.3 is 6.09 Å². The summed E-state index contributed by atoms with van der Waals surface area (Å²) in [4.78, 5) is 17.1. The topological polar surface area (TPSA) is 32.8 Å². The van der Waals surface area contributed by atoms with Crippen LogP contribution < -0.4 is 0 Å². The van der Waals surface area contributed by atoms with Crippen LogP contribution in [0.4, 0.5) is 18.0 Å². The molecule has 1 amide bonds. The van der Waals surface area contributed by atoms with Crippen LogP contribution in [0.2, 0.25) is 0 Å². The van der Waals surface area contributed by atoms with Gasteiger partial charge in [-0.05, 0) is 59.9 Å². The van der Waals surface area contributed by atoms with Crippen molar-refractivity contribution in [1.29, 1.82) is 0 Å². The summed E-state index contributed by atoms with van der Waals surface area (Å²) in [6, 6.07) is 20.1. The zero-order valence-corrected chi connectivity index (χ0v) is 20.9. The van der Waals surface area contributed by atoms with Crippen molar-refractivity contribution >= 4 is 6.09 Å². The number of nitrogens with zero attached hydrogens (tertiary/aromatic N) is 2. The number of rotatable bonds is 7. The van der Waals surface area contributed by atoms with Gasteiger partial charge in [-0.15, -0.1) is 0 Å². The van der Waals surface area contributed by atoms with Crippen LogP contribution in [0.1, 0.15) is 43.4 Å². The van der Waals surface area contributed by atoms with E-state index in [-0.39, 0.29) is 17.7 Å². The molecule has 2 aliphatic rings. The van der Waals surface area contributed by atoms with Crippen molar-refractivity contribution in [1.82, 2.24) is 9.80 Å². The predicted octanol–water partition coefficient (Wildman–Crippen LogP) is 6.86. The number of cyclic esters (lactones) is 1. The first-order valence-electron chi connectivity index (χ1n) is 12.8. The van der Waals surface area contributed by atoms with E-state index in [1.807, 2.05) is 31.2 Å². The third kappa shape index (κ3) is 5.52. The molecule has 0 N–H and O–H groups in total. The quantitative estimate of drug-likeness (QED) is 0.349. The summed E-state index contributed by atoms with van der Waals surface area (Å²) in [5.41, 5.74) is 2.71. The molecule has 2 heterocycles. The molecule has 3 aromatic carbocycles. The molecular weight excluding hydrogens is 477 g/mol. The van der Waals surface area contributed by atoms with E-state index in [9.17, 15) is 18.0 Å². The first-order chi connectivity index (χ1) is 17.8. The second-order valence-corrected chi connectivity index (χ2v) is 10.1. The number of hydrogen-bond acceptors (Lipinski definition) is 3. The van der Waals surface area contributed by atoms with Crippen molar-refractivity contribution < 1.29 is 22.7 Å². The first-order valence-corrected chi connectivity index (χ1v) is 12.8. The summed E-state index contributed by atoms with van der Waals surface area (Å²) in [5.74, 6) is -0.624. The number of carbonyl (C=O) groups excluding carboxylic acids is 1. The number of likely N-dealkylation sites (tertiary alicyclic amines) is 1. The highest BCUT2D eigenvalue weighted by atomic mass is 19.1. The van der Waals surface area contributed by atoms with Crippen LogP contribution in [0.25, 0.3) is 11.1 Å². The summed E-state index contributed by atoms with van der Waals surface area (Å²) in [5, 5.41) is 0. The highest BCUT2D eigenvalue weighted by Gasteiger charge is 2.44. The SMILES string of the molecule is C[C@@H](c1ccc(-c2ccc(F)cc2)cc1)N1CC[C@](CCN2CC[C@@H](F)C2)(c2ccc(F)cc2)OC1=O. The Balaban J connectivity index is 1.31.